The van der Waals surface area contributed by atoms with Gasteiger partial charge in [-0.05, 0) is 51.0 Å². The highest BCUT2D eigenvalue weighted by molar-refractivity contribution is 4.95. The molecule has 4 atom stereocenters. The van der Waals surface area contributed by atoms with Gasteiger partial charge < -0.3 is 10.1 Å². The van der Waals surface area contributed by atoms with Gasteiger partial charge in [0.15, 0.2) is 0 Å². The van der Waals surface area contributed by atoms with Gasteiger partial charge in [-0.2, -0.15) is 0 Å². The van der Waals surface area contributed by atoms with Gasteiger partial charge in [-0.3, -0.25) is 4.90 Å². The molecule has 4 unspecified atom stereocenters. The summed E-state index contributed by atoms with van der Waals surface area (Å²) in [5, 5.41) is 3.59. The van der Waals surface area contributed by atoms with E-state index in [1.807, 2.05) is 0 Å². The molecule has 124 valence electrons. The fourth-order valence-electron chi connectivity index (χ4n) is 4.21. The van der Waals surface area contributed by atoms with E-state index in [2.05, 4.69) is 45.0 Å². The summed E-state index contributed by atoms with van der Waals surface area (Å²) in [6.07, 6.45) is 6.89. The van der Waals surface area contributed by atoms with Crippen LogP contribution in [0.5, 0.6) is 0 Å². The van der Waals surface area contributed by atoms with Crippen molar-refractivity contribution in [3.8, 4) is 0 Å². The van der Waals surface area contributed by atoms with Crippen LogP contribution in [-0.4, -0.2) is 49.8 Å². The monoisotopic (exact) mass is 296 g/mol. The van der Waals surface area contributed by atoms with Crippen LogP contribution in [0.3, 0.4) is 0 Å². The topological polar surface area (TPSA) is 24.5 Å². The van der Waals surface area contributed by atoms with E-state index < -0.39 is 0 Å². The zero-order valence-corrected chi connectivity index (χ0v) is 14.8. The van der Waals surface area contributed by atoms with Crippen LogP contribution in [0.2, 0.25) is 0 Å². The fourth-order valence-corrected chi connectivity index (χ4v) is 4.21. The molecule has 0 aromatic carbocycles. The second-order valence-corrected chi connectivity index (χ2v) is 7.84. The largest absolute Gasteiger partial charge is 0.377 e. The summed E-state index contributed by atoms with van der Waals surface area (Å²) in [6.45, 7) is 12.7. The molecule has 0 aromatic heterocycles. The van der Waals surface area contributed by atoms with E-state index in [0.29, 0.717) is 23.6 Å². The lowest BCUT2D eigenvalue weighted by Gasteiger charge is -2.47. The van der Waals surface area contributed by atoms with Gasteiger partial charge in [0.05, 0.1) is 6.10 Å². The normalized spacial score (nSPS) is 36.4. The minimum Gasteiger partial charge on any atom is -0.377 e. The van der Waals surface area contributed by atoms with Gasteiger partial charge in [0, 0.05) is 31.8 Å². The van der Waals surface area contributed by atoms with Crippen molar-refractivity contribution in [3.63, 3.8) is 0 Å². The number of hydrogen-bond acceptors (Lipinski definition) is 3. The number of hydrogen-bond donors (Lipinski definition) is 1. The molecular weight excluding hydrogens is 260 g/mol. The second kappa shape index (κ2) is 7.43. The van der Waals surface area contributed by atoms with Crippen LogP contribution in [0.1, 0.15) is 59.8 Å². The maximum absolute atomic E-state index is 5.85. The minimum absolute atomic E-state index is 0.379. The molecule has 0 spiro atoms. The lowest BCUT2D eigenvalue weighted by molar-refractivity contribution is 0.0278. The van der Waals surface area contributed by atoms with Crippen LogP contribution in [0.4, 0.5) is 0 Å². The minimum atomic E-state index is 0.379. The van der Waals surface area contributed by atoms with E-state index in [1.165, 1.54) is 38.6 Å². The molecule has 21 heavy (non-hydrogen) atoms. The first kappa shape index (κ1) is 17.2. The van der Waals surface area contributed by atoms with Crippen LogP contribution in [0, 0.1) is 11.3 Å². The molecule has 1 heterocycles. The Morgan fingerprint density at radius 2 is 2.05 bits per heavy atom. The Labute approximate surface area is 131 Å². The summed E-state index contributed by atoms with van der Waals surface area (Å²) in [7, 11) is 2.14. The Hall–Kier alpha value is -0.120. The van der Waals surface area contributed by atoms with Gasteiger partial charge >= 0.3 is 0 Å². The number of ether oxygens (including phenoxy) is 1. The van der Waals surface area contributed by atoms with Crippen molar-refractivity contribution in [1.29, 1.82) is 0 Å². The molecule has 0 radical (unpaired) electrons. The van der Waals surface area contributed by atoms with Crippen LogP contribution in [0.15, 0.2) is 0 Å². The van der Waals surface area contributed by atoms with Crippen molar-refractivity contribution in [3.05, 3.63) is 0 Å². The zero-order chi connectivity index (χ0) is 15.5. The Morgan fingerprint density at radius 1 is 1.29 bits per heavy atom. The molecule has 1 aliphatic carbocycles. The van der Waals surface area contributed by atoms with E-state index in [0.717, 1.165) is 19.1 Å². The summed E-state index contributed by atoms with van der Waals surface area (Å²) < 4.78 is 5.85. The van der Waals surface area contributed by atoms with Gasteiger partial charge in [0.1, 0.15) is 0 Å². The molecule has 3 heteroatoms. The van der Waals surface area contributed by atoms with Crippen molar-refractivity contribution in [2.45, 2.75) is 78.0 Å². The van der Waals surface area contributed by atoms with Crippen LogP contribution >= 0.6 is 0 Å². The summed E-state index contributed by atoms with van der Waals surface area (Å²) in [4.78, 5) is 2.72. The lowest BCUT2D eigenvalue weighted by atomic mass is 9.67. The Bertz CT molecular complexity index is 318. The third-order valence-corrected chi connectivity index (χ3v) is 6.16. The maximum Gasteiger partial charge on any atom is 0.0674 e. The van der Waals surface area contributed by atoms with Gasteiger partial charge in [0.2, 0.25) is 0 Å². The van der Waals surface area contributed by atoms with Crippen LogP contribution in [0.25, 0.3) is 0 Å². The van der Waals surface area contributed by atoms with Gasteiger partial charge in [-0.15, -0.1) is 0 Å². The van der Waals surface area contributed by atoms with Gasteiger partial charge in [-0.1, -0.05) is 27.2 Å². The van der Waals surface area contributed by atoms with E-state index >= 15 is 0 Å². The fraction of sp³-hybridized carbons (Fsp3) is 1.00. The highest BCUT2D eigenvalue weighted by Gasteiger charge is 2.39. The standard InChI is InChI=1S/C18H36N2O/c1-6-18(3,4)15-8-9-16(19-5)17(12-15)20-10-7-11-21-14(2)13-20/h14-17,19H,6-13H2,1-5H3. The predicted molar refractivity (Wildman–Crippen MR) is 89.7 cm³/mol. The van der Waals surface area contributed by atoms with E-state index in [-0.39, 0.29) is 0 Å². The Morgan fingerprint density at radius 3 is 2.71 bits per heavy atom. The van der Waals surface area contributed by atoms with Gasteiger partial charge in [-0.25, -0.2) is 0 Å². The molecule has 1 saturated heterocycles. The molecule has 0 amide bonds. The third kappa shape index (κ3) is 4.20. The van der Waals surface area contributed by atoms with Crippen LogP contribution in [-0.2, 0) is 4.74 Å². The lowest BCUT2D eigenvalue weighted by Crippen LogP contribution is -2.55. The average molecular weight is 296 g/mol. The molecule has 3 nitrogen and oxygen atoms in total. The first-order valence-electron chi connectivity index (χ1n) is 9.00. The van der Waals surface area contributed by atoms with E-state index in [9.17, 15) is 0 Å². The number of nitrogens with zero attached hydrogens (tertiary/aromatic N) is 1. The van der Waals surface area contributed by atoms with Crippen molar-refractivity contribution in [2.24, 2.45) is 11.3 Å². The quantitative estimate of drug-likeness (QED) is 0.861. The Balaban J connectivity index is 2.08. The van der Waals surface area contributed by atoms with E-state index in [4.69, 9.17) is 4.74 Å². The Kier molecular flexibility index (Phi) is 6.10. The summed E-state index contributed by atoms with van der Waals surface area (Å²) >= 11 is 0. The average Bonchev–Trinajstić information content (AvgIpc) is 2.71. The second-order valence-electron chi connectivity index (χ2n) is 7.84. The number of rotatable bonds is 4. The molecule has 2 aliphatic rings. The molecule has 1 aliphatic heterocycles. The molecule has 1 N–H and O–H groups in total. The first-order valence-corrected chi connectivity index (χ1v) is 9.00. The van der Waals surface area contributed by atoms with Crippen molar-refractivity contribution < 1.29 is 4.74 Å². The molecule has 0 aromatic rings. The molecule has 0 bridgehead atoms. The summed E-state index contributed by atoms with van der Waals surface area (Å²) in [6, 6.07) is 1.34. The highest BCUT2D eigenvalue weighted by atomic mass is 16.5. The van der Waals surface area contributed by atoms with Crippen LogP contribution < -0.4 is 5.32 Å². The van der Waals surface area contributed by atoms with Gasteiger partial charge in [0.25, 0.3) is 0 Å². The number of nitrogens with one attached hydrogen (secondary N) is 1. The van der Waals surface area contributed by atoms with Crippen molar-refractivity contribution in [1.82, 2.24) is 10.2 Å². The molecule has 1 saturated carbocycles. The van der Waals surface area contributed by atoms with E-state index in [1.54, 1.807) is 0 Å². The SMILES string of the molecule is CCC(C)(C)C1CCC(NC)C(N2CCCOC(C)C2)C1. The molecule has 2 fully saturated rings. The molecule has 2 rings (SSSR count). The predicted octanol–water partition coefficient (Wildman–Crippen LogP) is 3.29. The van der Waals surface area contributed by atoms with Crippen molar-refractivity contribution >= 4 is 0 Å². The third-order valence-electron chi connectivity index (χ3n) is 6.16. The zero-order valence-electron chi connectivity index (χ0n) is 14.8. The summed E-state index contributed by atoms with van der Waals surface area (Å²) in [5.41, 5.74) is 0.477. The highest BCUT2D eigenvalue weighted by Crippen LogP contribution is 2.41. The molecular formula is C18H36N2O. The summed E-state index contributed by atoms with van der Waals surface area (Å²) in [5.74, 6) is 0.858. The maximum atomic E-state index is 5.85. The van der Waals surface area contributed by atoms with Crippen molar-refractivity contribution in [2.75, 3.05) is 26.7 Å². The smallest absolute Gasteiger partial charge is 0.0674 e. The number of likely N-dealkylation sites (N-methyl/N-ethyl adjacent to an activating group) is 1. The first-order chi connectivity index (χ1) is 9.97.